The van der Waals surface area contributed by atoms with Gasteiger partial charge in [0.2, 0.25) is 23.6 Å². The van der Waals surface area contributed by atoms with Crippen molar-refractivity contribution in [3.63, 3.8) is 0 Å². The van der Waals surface area contributed by atoms with E-state index in [2.05, 4.69) is 64.7 Å². The number of carbonyl (C=O) groups is 6. The van der Waals surface area contributed by atoms with Gasteiger partial charge in [0.05, 0.1) is 11.8 Å². The standard InChI is InChI=1S/C50H66N6O6/c1-3-5-7-15-28-51-45(57)23-17-22-42(49(61)52-29-16-8-6-4-2)53-46(58)36-24-26-37(27-25-36)50(62)56-32-40(47(59)54-43-30-38(43)34-18-11-9-12-19-34)41(33-56)48(60)55-44-31-39(44)35-20-13-10-14-21-35/h9-14,18-21,24-27,38-44H,3-8,15-17,22-23,28-33H2,1-2H3,(H,51,57)(H,52,61)(H,53,58)(H,54,59)(H,55,60)/t38-,39-,40-,41-,42-,43+,44+/m1/s1. The molecule has 62 heavy (non-hydrogen) atoms. The smallest absolute Gasteiger partial charge is 0.253 e. The molecule has 5 N–H and O–H groups in total. The van der Waals surface area contributed by atoms with Crippen molar-refractivity contribution < 1.29 is 28.8 Å². The lowest BCUT2D eigenvalue weighted by atomic mass is 9.94. The molecule has 332 valence electrons. The summed E-state index contributed by atoms with van der Waals surface area (Å²) >= 11 is 0. The second-order valence-corrected chi connectivity index (χ2v) is 17.4. The van der Waals surface area contributed by atoms with E-state index in [1.54, 1.807) is 29.2 Å². The zero-order valence-electron chi connectivity index (χ0n) is 36.5. The van der Waals surface area contributed by atoms with E-state index in [1.807, 2.05) is 36.4 Å². The first-order valence-corrected chi connectivity index (χ1v) is 23.1. The largest absolute Gasteiger partial charge is 0.356 e. The van der Waals surface area contributed by atoms with Gasteiger partial charge in [-0.2, -0.15) is 0 Å². The van der Waals surface area contributed by atoms with Crippen LogP contribution in [0.4, 0.5) is 0 Å². The van der Waals surface area contributed by atoms with Gasteiger partial charge in [-0.25, -0.2) is 0 Å². The van der Waals surface area contributed by atoms with Crippen LogP contribution in [0.2, 0.25) is 0 Å². The number of hydrogen-bond acceptors (Lipinski definition) is 6. The van der Waals surface area contributed by atoms with E-state index >= 15 is 0 Å². The maximum atomic E-state index is 14.0. The van der Waals surface area contributed by atoms with Crippen LogP contribution >= 0.6 is 0 Å². The number of likely N-dealkylation sites (tertiary alicyclic amines) is 1. The van der Waals surface area contributed by atoms with Crippen molar-refractivity contribution in [3.8, 4) is 0 Å². The molecule has 0 unspecified atom stereocenters. The van der Waals surface area contributed by atoms with Gasteiger partial charge in [-0.05, 0) is 73.9 Å². The molecule has 1 heterocycles. The molecule has 3 aliphatic rings. The minimum Gasteiger partial charge on any atom is -0.356 e. The van der Waals surface area contributed by atoms with Gasteiger partial charge < -0.3 is 31.5 Å². The van der Waals surface area contributed by atoms with Crippen LogP contribution in [0.1, 0.15) is 141 Å². The highest BCUT2D eigenvalue weighted by atomic mass is 16.2. The van der Waals surface area contributed by atoms with Crippen LogP contribution in [0.3, 0.4) is 0 Å². The van der Waals surface area contributed by atoms with Gasteiger partial charge in [-0.3, -0.25) is 28.8 Å². The van der Waals surface area contributed by atoms with Crippen LogP contribution in [0, 0.1) is 11.8 Å². The first-order chi connectivity index (χ1) is 30.2. The average molecular weight is 847 g/mol. The van der Waals surface area contributed by atoms with Crippen molar-refractivity contribution in [2.24, 2.45) is 11.8 Å². The minimum absolute atomic E-state index is 0.0241. The fourth-order valence-corrected chi connectivity index (χ4v) is 8.61. The van der Waals surface area contributed by atoms with Gasteiger partial charge in [0.25, 0.3) is 11.8 Å². The first-order valence-electron chi connectivity index (χ1n) is 23.1. The molecule has 0 bridgehead atoms. The number of carbonyl (C=O) groups excluding carboxylic acids is 6. The normalized spacial score (nSPS) is 21.6. The number of nitrogens with zero attached hydrogens (tertiary/aromatic N) is 1. The van der Waals surface area contributed by atoms with E-state index < -0.39 is 23.8 Å². The molecule has 1 saturated heterocycles. The quantitative estimate of drug-likeness (QED) is 0.0657. The van der Waals surface area contributed by atoms with Crippen LogP contribution in [-0.2, 0) is 19.2 Å². The second kappa shape index (κ2) is 23.1. The van der Waals surface area contributed by atoms with Gasteiger partial charge in [0.1, 0.15) is 6.04 Å². The number of hydrogen-bond donors (Lipinski definition) is 5. The highest BCUT2D eigenvalue weighted by Crippen LogP contribution is 2.42. The summed E-state index contributed by atoms with van der Waals surface area (Å²) in [5.74, 6) is -2.62. The number of nitrogens with one attached hydrogen (secondary N) is 5. The van der Waals surface area contributed by atoms with E-state index in [4.69, 9.17) is 0 Å². The van der Waals surface area contributed by atoms with E-state index in [-0.39, 0.29) is 78.5 Å². The third-order valence-corrected chi connectivity index (χ3v) is 12.6. The fourth-order valence-electron chi connectivity index (χ4n) is 8.61. The molecule has 3 fully saturated rings. The van der Waals surface area contributed by atoms with Gasteiger partial charge in [-0.1, -0.05) is 113 Å². The van der Waals surface area contributed by atoms with Gasteiger partial charge >= 0.3 is 0 Å². The summed E-state index contributed by atoms with van der Waals surface area (Å²) < 4.78 is 0. The Morgan fingerprint density at radius 3 is 1.61 bits per heavy atom. The summed E-state index contributed by atoms with van der Waals surface area (Å²) in [6.45, 7) is 5.58. The van der Waals surface area contributed by atoms with Crippen LogP contribution < -0.4 is 26.6 Å². The third-order valence-electron chi connectivity index (χ3n) is 12.6. The lowest BCUT2D eigenvalue weighted by Gasteiger charge is -2.19. The molecule has 12 heteroatoms. The van der Waals surface area contributed by atoms with E-state index in [0.717, 1.165) is 75.3 Å². The Morgan fingerprint density at radius 2 is 1.10 bits per heavy atom. The Bertz CT molecular complexity index is 1880. The van der Waals surface area contributed by atoms with E-state index in [0.29, 0.717) is 31.5 Å². The van der Waals surface area contributed by atoms with Crippen molar-refractivity contribution >= 4 is 35.4 Å². The topological polar surface area (TPSA) is 166 Å². The Kier molecular flexibility index (Phi) is 17.1. The molecule has 2 saturated carbocycles. The Balaban J connectivity index is 1.06. The van der Waals surface area contributed by atoms with Gasteiger partial charge in [0, 0.05) is 67.6 Å². The molecule has 0 spiro atoms. The molecule has 3 aromatic rings. The lowest BCUT2D eigenvalue weighted by Crippen LogP contribution is -2.47. The van der Waals surface area contributed by atoms with Crippen molar-refractivity contribution in [3.05, 3.63) is 107 Å². The lowest BCUT2D eigenvalue weighted by molar-refractivity contribution is -0.133. The Labute approximate surface area is 367 Å². The Morgan fingerprint density at radius 1 is 0.597 bits per heavy atom. The summed E-state index contributed by atoms with van der Waals surface area (Å²) in [4.78, 5) is 82.6. The highest BCUT2D eigenvalue weighted by Gasteiger charge is 2.49. The second-order valence-electron chi connectivity index (χ2n) is 17.4. The number of rotatable bonds is 24. The molecule has 12 nitrogen and oxygen atoms in total. The SMILES string of the molecule is CCCCCCNC(=O)CCC[C@@H](NC(=O)c1ccc(C(=O)N2C[C@@H](C(=O)N[C@H]3C[C@@H]3c3ccccc3)[C@H](C(=O)N[C@H]3C[C@@H]3c3ccccc3)C2)cc1)C(=O)NCCCCCC. The predicted octanol–water partition coefficient (Wildman–Crippen LogP) is 6.38. The monoisotopic (exact) mass is 847 g/mol. The zero-order chi connectivity index (χ0) is 43.8. The summed E-state index contributed by atoms with van der Waals surface area (Å²) in [5.41, 5.74) is 2.93. The third kappa shape index (κ3) is 13.2. The molecule has 1 aliphatic heterocycles. The van der Waals surface area contributed by atoms with Crippen LogP contribution in [0.15, 0.2) is 84.9 Å². The summed E-state index contributed by atoms with van der Waals surface area (Å²) in [6, 6.07) is 25.5. The first kappa shape index (κ1) is 46.0. The van der Waals surface area contributed by atoms with E-state index in [1.165, 1.54) is 0 Å². The van der Waals surface area contributed by atoms with Crippen LogP contribution in [-0.4, -0.2) is 84.6 Å². The molecule has 2 aliphatic carbocycles. The molecular formula is C50H66N6O6. The van der Waals surface area contributed by atoms with Crippen molar-refractivity contribution in [1.82, 2.24) is 31.5 Å². The molecule has 6 rings (SSSR count). The van der Waals surface area contributed by atoms with Crippen LogP contribution in [0.25, 0.3) is 0 Å². The zero-order valence-corrected chi connectivity index (χ0v) is 36.5. The molecule has 0 radical (unpaired) electrons. The molecular weight excluding hydrogens is 781 g/mol. The Hall–Kier alpha value is -5.52. The summed E-state index contributed by atoms with van der Waals surface area (Å²) in [7, 11) is 0. The van der Waals surface area contributed by atoms with Crippen molar-refractivity contribution in [2.75, 3.05) is 26.2 Å². The molecule has 3 aromatic carbocycles. The molecule has 6 amide bonds. The maximum Gasteiger partial charge on any atom is 0.253 e. The number of benzene rings is 3. The van der Waals surface area contributed by atoms with Crippen molar-refractivity contribution in [2.45, 2.75) is 127 Å². The fraction of sp³-hybridized carbons (Fsp3) is 0.520. The van der Waals surface area contributed by atoms with Crippen LogP contribution in [0.5, 0.6) is 0 Å². The minimum atomic E-state index is -0.833. The summed E-state index contributed by atoms with van der Waals surface area (Å²) in [5, 5.41) is 15.1. The summed E-state index contributed by atoms with van der Waals surface area (Å²) in [6.07, 6.45) is 10.9. The number of amides is 6. The van der Waals surface area contributed by atoms with Crippen molar-refractivity contribution in [1.29, 1.82) is 0 Å². The molecule has 0 aromatic heterocycles. The van der Waals surface area contributed by atoms with Gasteiger partial charge in [-0.15, -0.1) is 0 Å². The molecule has 7 atom stereocenters. The predicted molar refractivity (Wildman–Crippen MR) is 240 cm³/mol. The van der Waals surface area contributed by atoms with E-state index in [9.17, 15) is 28.8 Å². The average Bonchev–Trinajstić information content (AvgIpc) is 4.20. The maximum absolute atomic E-state index is 14.0. The highest BCUT2D eigenvalue weighted by molar-refractivity contribution is 6.00. The number of unbranched alkanes of at least 4 members (excludes halogenated alkanes) is 6. The van der Waals surface area contributed by atoms with Gasteiger partial charge in [0.15, 0.2) is 0 Å².